The predicted octanol–water partition coefficient (Wildman–Crippen LogP) is 0.175. The monoisotopic (exact) mass is 256 g/mol. The first-order valence-corrected chi connectivity index (χ1v) is 5.71. The van der Waals surface area contributed by atoms with Crippen LogP contribution in [0.25, 0.3) is 0 Å². The number of ether oxygens (including phenoxy) is 1. The summed E-state index contributed by atoms with van der Waals surface area (Å²) in [6.45, 7) is 3.61. The lowest BCUT2D eigenvalue weighted by Gasteiger charge is -2.34. The number of aliphatic hydroxyl groups is 1. The van der Waals surface area contributed by atoms with Gasteiger partial charge in [-0.15, -0.1) is 0 Å². The average molecular weight is 256 g/mol. The van der Waals surface area contributed by atoms with Crippen molar-refractivity contribution in [3.8, 4) is 0 Å². The van der Waals surface area contributed by atoms with Crippen molar-refractivity contribution in [1.29, 1.82) is 0 Å². The first-order valence-electron chi connectivity index (χ1n) is 5.71. The van der Waals surface area contributed by atoms with Gasteiger partial charge in [-0.2, -0.15) is 13.2 Å². The van der Waals surface area contributed by atoms with Crippen molar-refractivity contribution in [2.45, 2.75) is 6.18 Å². The van der Waals surface area contributed by atoms with E-state index in [9.17, 15) is 13.2 Å². The van der Waals surface area contributed by atoms with Gasteiger partial charge in [0.05, 0.1) is 13.2 Å². The lowest BCUT2D eigenvalue weighted by molar-refractivity contribution is -0.174. The fraction of sp³-hybridized carbons (Fsp3) is 1.00. The molecule has 0 bridgehead atoms. The Balaban J connectivity index is 2.02. The van der Waals surface area contributed by atoms with E-state index in [0.29, 0.717) is 13.1 Å². The van der Waals surface area contributed by atoms with E-state index < -0.39 is 12.8 Å². The Kier molecular flexibility index (Phi) is 6.18. The van der Waals surface area contributed by atoms with Gasteiger partial charge in [0.25, 0.3) is 0 Å². The second-order valence-electron chi connectivity index (χ2n) is 4.07. The van der Waals surface area contributed by atoms with Crippen LogP contribution in [0.15, 0.2) is 0 Å². The number of halogens is 3. The van der Waals surface area contributed by atoms with E-state index in [1.54, 1.807) is 0 Å². The summed E-state index contributed by atoms with van der Waals surface area (Å²) >= 11 is 0. The molecule has 1 aliphatic heterocycles. The second-order valence-corrected chi connectivity index (χ2v) is 4.07. The summed E-state index contributed by atoms with van der Waals surface area (Å²) in [5.74, 6) is 0. The fourth-order valence-corrected chi connectivity index (χ4v) is 1.76. The number of aliphatic hydroxyl groups excluding tert-OH is 1. The predicted molar refractivity (Wildman–Crippen MR) is 56.8 cm³/mol. The van der Waals surface area contributed by atoms with Crippen molar-refractivity contribution in [3.05, 3.63) is 0 Å². The topological polar surface area (TPSA) is 35.9 Å². The van der Waals surface area contributed by atoms with Gasteiger partial charge < -0.3 is 9.84 Å². The molecule has 0 aliphatic carbocycles. The number of rotatable bonds is 6. The molecule has 0 aromatic carbocycles. The van der Waals surface area contributed by atoms with Gasteiger partial charge >= 0.3 is 6.18 Å². The average Bonchev–Trinajstić information content (AvgIpc) is 2.26. The van der Waals surface area contributed by atoms with Crippen LogP contribution in [0.3, 0.4) is 0 Å². The number of β-amino-alcohol motifs (C(OH)–C–C–N with tert-alkyl or cyclic N) is 1. The van der Waals surface area contributed by atoms with E-state index >= 15 is 0 Å². The lowest BCUT2D eigenvalue weighted by Crippen LogP contribution is -2.48. The summed E-state index contributed by atoms with van der Waals surface area (Å²) < 4.78 is 39.9. The number of nitrogens with zero attached hydrogens (tertiary/aromatic N) is 2. The van der Waals surface area contributed by atoms with Gasteiger partial charge in [0, 0.05) is 39.3 Å². The van der Waals surface area contributed by atoms with Gasteiger partial charge in [-0.3, -0.25) is 9.80 Å². The van der Waals surface area contributed by atoms with E-state index in [1.807, 2.05) is 0 Å². The molecule has 4 nitrogen and oxygen atoms in total. The van der Waals surface area contributed by atoms with Crippen LogP contribution in [-0.4, -0.2) is 80.2 Å². The smallest absolute Gasteiger partial charge is 0.395 e. The molecule has 0 aromatic heterocycles. The SMILES string of the molecule is OCCN1CCN(CCOCC(F)(F)F)CC1. The van der Waals surface area contributed by atoms with Crippen LogP contribution in [0.4, 0.5) is 13.2 Å². The van der Waals surface area contributed by atoms with E-state index in [0.717, 1.165) is 26.2 Å². The highest BCUT2D eigenvalue weighted by atomic mass is 19.4. The Hall–Kier alpha value is -0.370. The summed E-state index contributed by atoms with van der Waals surface area (Å²) in [5, 5.41) is 8.75. The molecular formula is C10H19F3N2O2. The molecule has 17 heavy (non-hydrogen) atoms. The summed E-state index contributed by atoms with van der Waals surface area (Å²) in [7, 11) is 0. The van der Waals surface area contributed by atoms with Crippen LogP contribution in [0.1, 0.15) is 0 Å². The number of piperazine rings is 1. The Labute approximate surface area is 98.9 Å². The number of alkyl halides is 3. The fourth-order valence-electron chi connectivity index (χ4n) is 1.76. The molecule has 0 saturated carbocycles. The molecule has 1 fully saturated rings. The zero-order chi connectivity index (χ0) is 12.7. The summed E-state index contributed by atoms with van der Waals surface area (Å²) in [4.78, 5) is 4.21. The van der Waals surface area contributed by atoms with Crippen LogP contribution in [0.5, 0.6) is 0 Å². The third-order valence-electron chi connectivity index (χ3n) is 2.70. The maximum Gasteiger partial charge on any atom is 0.411 e. The third-order valence-corrected chi connectivity index (χ3v) is 2.70. The van der Waals surface area contributed by atoms with Gasteiger partial charge in [-0.25, -0.2) is 0 Å². The van der Waals surface area contributed by atoms with Crippen molar-refractivity contribution in [3.63, 3.8) is 0 Å². The van der Waals surface area contributed by atoms with Crippen LogP contribution < -0.4 is 0 Å². The normalized spacial score (nSPS) is 19.8. The highest BCUT2D eigenvalue weighted by molar-refractivity contribution is 4.71. The van der Waals surface area contributed by atoms with Gasteiger partial charge in [-0.05, 0) is 0 Å². The minimum absolute atomic E-state index is 0.111. The van der Waals surface area contributed by atoms with Crippen molar-refractivity contribution >= 4 is 0 Å². The largest absolute Gasteiger partial charge is 0.411 e. The highest BCUT2D eigenvalue weighted by Crippen LogP contribution is 2.14. The standard InChI is InChI=1S/C10H19F3N2O2/c11-10(12,13)9-17-8-6-15-3-1-14(2-4-15)5-7-16/h16H,1-9H2. The molecular weight excluding hydrogens is 237 g/mol. The Morgan fingerprint density at radius 3 is 2.00 bits per heavy atom. The quantitative estimate of drug-likeness (QED) is 0.688. The van der Waals surface area contributed by atoms with Gasteiger partial charge in [0.15, 0.2) is 0 Å². The molecule has 0 unspecified atom stereocenters. The van der Waals surface area contributed by atoms with Crippen LogP contribution in [0, 0.1) is 0 Å². The third kappa shape index (κ3) is 6.82. The van der Waals surface area contributed by atoms with Gasteiger partial charge in [-0.1, -0.05) is 0 Å². The summed E-state index contributed by atoms with van der Waals surface area (Å²) in [6, 6.07) is 0. The molecule has 102 valence electrons. The van der Waals surface area contributed by atoms with E-state index in [4.69, 9.17) is 5.11 Å². The molecule has 0 amide bonds. The Bertz CT molecular complexity index is 206. The lowest BCUT2D eigenvalue weighted by atomic mass is 10.3. The molecule has 1 heterocycles. The van der Waals surface area contributed by atoms with E-state index in [-0.39, 0.29) is 13.2 Å². The molecule has 0 atom stereocenters. The number of hydrogen-bond acceptors (Lipinski definition) is 4. The molecule has 7 heteroatoms. The van der Waals surface area contributed by atoms with Gasteiger partial charge in [0.1, 0.15) is 6.61 Å². The first kappa shape index (κ1) is 14.7. The molecule has 0 spiro atoms. The number of hydrogen-bond donors (Lipinski definition) is 1. The van der Waals surface area contributed by atoms with Gasteiger partial charge in [0.2, 0.25) is 0 Å². The zero-order valence-electron chi connectivity index (χ0n) is 9.75. The van der Waals surface area contributed by atoms with Crippen molar-refractivity contribution in [1.82, 2.24) is 9.80 Å². The van der Waals surface area contributed by atoms with Crippen molar-refractivity contribution < 1.29 is 23.0 Å². The summed E-state index contributed by atoms with van der Waals surface area (Å²) in [5.41, 5.74) is 0. The molecule has 1 rings (SSSR count). The van der Waals surface area contributed by atoms with Crippen LogP contribution in [0.2, 0.25) is 0 Å². The zero-order valence-corrected chi connectivity index (χ0v) is 9.75. The first-order chi connectivity index (χ1) is 8.01. The Morgan fingerprint density at radius 1 is 1.00 bits per heavy atom. The molecule has 1 N–H and O–H groups in total. The molecule has 1 saturated heterocycles. The molecule has 1 aliphatic rings. The van der Waals surface area contributed by atoms with Crippen LogP contribution in [-0.2, 0) is 4.74 Å². The van der Waals surface area contributed by atoms with Crippen molar-refractivity contribution in [2.75, 3.05) is 59.1 Å². The van der Waals surface area contributed by atoms with Crippen molar-refractivity contribution in [2.24, 2.45) is 0 Å². The second kappa shape index (κ2) is 7.15. The molecule has 0 aromatic rings. The minimum atomic E-state index is -4.24. The van der Waals surface area contributed by atoms with Crippen LogP contribution >= 0.6 is 0 Å². The maximum atomic E-state index is 11.8. The molecule has 0 radical (unpaired) electrons. The Morgan fingerprint density at radius 2 is 1.53 bits per heavy atom. The summed E-state index contributed by atoms with van der Waals surface area (Å²) in [6.07, 6.45) is -4.24. The highest BCUT2D eigenvalue weighted by Gasteiger charge is 2.27. The minimum Gasteiger partial charge on any atom is -0.395 e. The van der Waals surface area contributed by atoms with E-state index in [2.05, 4.69) is 14.5 Å². The maximum absolute atomic E-state index is 11.8. The van der Waals surface area contributed by atoms with E-state index in [1.165, 1.54) is 0 Å².